The second kappa shape index (κ2) is 8.45. The third-order valence-corrected chi connectivity index (χ3v) is 3.71. The van der Waals surface area contributed by atoms with Crippen molar-refractivity contribution in [3.05, 3.63) is 59.7 Å². The lowest BCUT2D eigenvalue weighted by atomic mass is 10.0. The van der Waals surface area contributed by atoms with Gasteiger partial charge in [-0.05, 0) is 54.9 Å². The van der Waals surface area contributed by atoms with Crippen LogP contribution >= 0.6 is 12.2 Å². The van der Waals surface area contributed by atoms with Crippen LogP contribution in [0.15, 0.2) is 48.5 Å². The standard InChI is InChI=1S/C19H22N2O2S/c1-4-23-17-8-6-5-7-16(17)20-19(24)21-18(22)15-11-9-14(10-12-15)13(2)3/h5-13H,4H2,1-3H3,(H2,20,21,22,24). The number of ether oxygens (including phenoxy) is 1. The van der Waals surface area contributed by atoms with Gasteiger partial charge in [0, 0.05) is 5.56 Å². The lowest BCUT2D eigenvalue weighted by molar-refractivity contribution is 0.0977. The predicted octanol–water partition coefficient (Wildman–Crippen LogP) is 4.34. The molecule has 2 aromatic carbocycles. The van der Waals surface area contributed by atoms with Gasteiger partial charge < -0.3 is 10.1 Å². The molecule has 0 spiro atoms. The van der Waals surface area contributed by atoms with Crippen LogP contribution in [0.25, 0.3) is 0 Å². The maximum Gasteiger partial charge on any atom is 0.257 e. The first kappa shape index (κ1) is 17.9. The van der Waals surface area contributed by atoms with Crippen LogP contribution in [0.5, 0.6) is 5.75 Å². The minimum Gasteiger partial charge on any atom is -0.492 e. The molecule has 2 N–H and O–H groups in total. The van der Waals surface area contributed by atoms with Gasteiger partial charge in [0.15, 0.2) is 5.11 Å². The van der Waals surface area contributed by atoms with Crippen molar-refractivity contribution in [3.8, 4) is 5.75 Å². The Morgan fingerprint density at radius 2 is 1.79 bits per heavy atom. The Balaban J connectivity index is 2.00. The number of nitrogens with one attached hydrogen (secondary N) is 2. The molecular formula is C19H22N2O2S. The van der Waals surface area contributed by atoms with Crippen LogP contribution < -0.4 is 15.4 Å². The summed E-state index contributed by atoms with van der Waals surface area (Å²) in [5.74, 6) is 0.884. The van der Waals surface area contributed by atoms with E-state index in [0.717, 1.165) is 5.69 Å². The van der Waals surface area contributed by atoms with E-state index < -0.39 is 0 Å². The average Bonchev–Trinajstić information content (AvgIpc) is 2.57. The Morgan fingerprint density at radius 1 is 1.12 bits per heavy atom. The molecule has 0 saturated heterocycles. The van der Waals surface area contributed by atoms with Gasteiger partial charge in [0.05, 0.1) is 12.3 Å². The molecule has 2 aromatic rings. The van der Waals surface area contributed by atoms with Crippen LogP contribution in [0.1, 0.15) is 42.6 Å². The number of hydrogen-bond acceptors (Lipinski definition) is 3. The molecule has 0 heterocycles. The molecular weight excluding hydrogens is 320 g/mol. The molecule has 4 nitrogen and oxygen atoms in total. The van der Waals surface area contributed by atoms with Gasteiger partial charge in [-0.1, -0.05) is 38.1 Å². The zero-order valence-electron chi connectivity index (χ0n) is 14.1. The van der Waals surface area contributed by atoms with Crippen molar-refractivity contribution in [2.24, 2.45) is 0 Å². The van der Waals surface area contributed by atoms with E-state index in [-0.39, 0.29) is 11.0 Å². The quantitative estimate of drug-likeness (QED) is 0.794. The molecule has 1 amide bonds. The third kappa shape index (κ3) is 4.80. The summed E-state index contributed by atoms with van der Waals surface area (Å²) in [7, 11) is 0. The zero-order chi connectivity index (χ0) is 17.5. The van der Waals surface area contributed by atoms with Crippen molar-refractivity contribution < 1.29 is 9.53 Å². The lowest BCUT2D eigenvalue weighted by Gasteiger charge is -2.13. The average molecular weight is 342 g/mol. The van der Waals surface area contributed by atoms with Gasteiger partial charge in [-0.2, -0.15) is 0 Å². The molecule has 0 aliphatic rings. The Bertz CT molecular complexity index is 712. The number of anilines is 1. The minimum absolute atomic E-state index is 0.236. The van der Waals surface area contributed by atoms with E-state index >= 15 is 0 Å². The van der Waals surface area contributed by atoms with Crippen molar-refractivity contribution in [1.29, 1.82) is 0 Å². The maximum atomic E-state index is 12.3. The fraction of sp³-hybridized carbons (Fsp3) is 0.263. The molecule has 24 heavy (non-hydrogen) atoms. The van der Waals surface area contributed by atoms with Gasteiger partial charge in [-0.25, -0.2) is 0 Å². The summed E-state index contributed by atoms with van der Waals surface area (Å²) in [5, 5.41) is 5.92. The van der Waals surface area contributed by atoms with Crippen LogP contribution in [0.2, 0.25) is 0 Å². The van der Waals surface area contributed by atoms with Crippen LogP contribution in [-0.4, -0.2) is 17.6 Å². The molecule has 0 aliphatic heterocycles. The molecule has 0 fully saturated rings. The summed E-state index contributed by atoms with van der Waals surface area (Å²) in [5.41, 5.74) is 2.49. The predicted molar refractivity (Wildman–Crippen MR) is 102 cm³/mol. The minimum atomic E-state index is -0.239. The Kier molecular flexibility index (Phi) is 6.32. The molecule has 0 bridgehead atoms. The van der Waals surface area contributed by atoms with Crippen molar-refractivity contribution in [1.82, 2.24) is 5.32 Å². The van der Waals surface area contributed by atoms with Crippen molar-refractivity contribution >= 4 is 28.9 Å². The van der Waals surface area contributed by atoms with E-state index in [2.05, 4.69) is 24.5 Å². The summed E-state index contributed by atoms with van der Waals surface area (Å²) in [4.78, 5) is 12.3. The Morgan fingerprint density at radius 3 is 2.42 bits per heavy atom. The highest BCUT2D eigenvalue weighted by Crippen LogP contribution is 2.23. The molecule has 0 aromatic heterocycles. The molecule has 0 unspecified atom stereocenters. The molecule has 2 rings (SSSR count). The van der Waals surface area contributed by atoms with E-state index in [1.54, 1.807) is 12.1 Å². The highest BCUT2D eigenvalue weighted by atomic mass is 32.1. The van der Waals surface area contributed by atoms with E-state index in [0.29, 0.717) is 23.8 Å². The number of amides is 1. The highest BCUT2D eigenvalue weighted by Gasteiger charge is 2.10. The number of carbonyl (C=O) groups excluding carboxylic acids is 1. The first-order valence-corrected chi connectivity index (χ1v) is 8.36. The summed E-state index contributed by atoms with van der Waals surface area (Å²) in [6.45, 7) is 6.70. The summed E-state index contributed by atoms with van der Waals surface area (Å²) < 4.78 is 5.53. The van der Waals surface area contributed by atoms with Crippen LogP contribution in [0.3, 0.4) is 0 Å². The maximum absolute atomic E-state index is 12.3. The lowest BCUT2D eigenvalue weighted by Crippen LogP contribution is -2.34. The first-order chi connectivity index (χ1) is 11.5. The second-order valence-corrected chi connectivity index (χ2v) is 6.02. The van der Waals surface area contributed by atoms with Gasteiger partial charge in [0.2, 0.25) is 0 Å². The Hall–Kier alpha value is -2.40. The summed E-state index contributed by atoms with van der Waals surface area (Å²) in [6.07, 6.45) is 0. The molecule has 0 saturated carbocycles. The zero-order valence-corrected chi connectivity index (χ0v) is 14.9. The smallest absolute Gasteiger partial charge is 0.257 e. The molecule has 5 heteroatoms. The second-order valence-electron chi connectivity index (χ2n) is 5.61. The third-order valence-electron chi connectivity index (χ3n) is 3.50. The van der Waals surface area contributed by atoms with Gasteiger partial charge in [-0.3, -0.25) is 10.1 Å². The van der Waals surface area contributed by atoms with Crippen molar-refractivity contribution in [2.45, 2.75) is 26.7 Å². The van der Waals surface area contributed by atoms with Crippen LogP contribution in [-0.2, 0) is 0 Å². The van der Waals surface area contributed by atoms with E-state index in [9.17, 15) is 4.79 Å². The SMILES string of the molecule is CCOc1ccccc1NC(=S)NC(=O)c1ccc(C(C)C)cc1. The number of benzene rings is 2. The fourth-order valence-corrected chi connectivity index (χ4v) is 2.40. The number of hydrogen-bond donors (Lipinski definition) is 2. The van der Waals surface area contributed by atoms with Gasteiger partial charge in [-0.15, -0.1) is 0 Å². The van der Waals surface area contributed by atoms with Gasteiger partial charge in [0.25, 0.3) is 5.91 Å². The largest absolute Gasteiger partial charge is 0.492 e. The van der Waals surface area contributed by atoms with Gasteiger partial charge in [0.1, 0.15) is 5.75 Å². The van der Waals surface area contributed by atoms with E-state index in [1.807, 2.05) is 43.3 Å². The van der Waals surface area contributed by atoms with Crippen LogP contribution in [0, 0.1) is 0 Å². The number of thiocarbonyl (C=S) groups is 1. The molecule has 0 aliphatic carbocycles. The summed E-state index contributed by atoms with van der Waals surface area (Å²) >= 11 is 5.22. The van der Waals surface area contributed by atoms with E-state index in [4.69, 9.17) is 17.0 Å². The van der Waals surface area contributed by atoms with Crippen LogP contribution in [0.4, 0.5) is 5.69 Å². The van der Waals surface area contributed by atoms with Crippen molar-refractivity contribution in [2.75, 3.05) is 11.9 Å². The molecule has 126 valence electrons. The Labute approximate surface area is 148 Å². The monoisotopic (exact) mass is 342 g/mol. The molecule has 0 radical (unpaired) electrons. The highest BCUT2D eigenvalue weighted by molar-refractivity contribution is 7.80. The summed E-state index contributed by atoms with van der Waals surface area (Å²) in [6, 6.07) is 15.0. The van der Waals surface area contributed by atoms with E-state index in [1.165, 1.54) is 5.56 Å². The number of para-hydroxylation sites is 2. The molecule has 0 atom stereocenters. The van der Waals surface area contributed by atoms with Gasteiger partial charge >= 0.3 is 0 Å². The number of carbonyl (C=O) groups is 1. The topological polar surface area (TPSA) is 50.4 Å². The van der Waals surface area contributed by atoms with Crippen molar-refractivity contribution in [3.63, 3.8) is 0 Å². The fourth-order valence-electron chi connectivity index (χ4n) is 2.20. The normalized spacial score (nSPS) is 10.3. The first-order valence-electron chi connectivity index (χ1n) is 7.95. The number of rotatable bonds is 5.